The fourth-order valence-corrected chi connectivity index (χ4v) is 7.39. The molecule has 0 bridgehead atoms. The van der Waals surface area contributed by atoms with Crippen LogP contribution < -0.4 is 0 Å². The Bertz CT molecular complexity index is 1330. The van der Waals surface area contributed by atoms with Crippen molar-refractivity contribution in [2.45, 2.75) is 52.1 Å². The first kappa shape index (κ1) is 22.6. The van der Waals surface area contributed by atoms with Crippen molar-refractivity contribution in [3.05, 3.63) is 82.6 Å². The summed E-state index contributed by atoms with van der Waals surface area (Å²) in [7, 11) is 0. The van der Waals surface area contributed by atoms with E-state index in [0.29, 0.717) is 0 Å². The summed E-state index contributed by atoms with van der Waals surface area (Å²) >= 11 is 3.49. The van der Waals surface area contributed by atoms with Gasteiger partial charge < -0.3 is 4.74 Å². The molecule has 5 heteroatoms. The molecule has 0 unspecified atom stereocenters. The predicted octanol–water partition coefficient (Wildman–Crippen LogP) is 9.31. The molecule has 1 amide bonds. The molecular formula is C30H29NO2S2. The Morgan fingerprint density at radius 2 is 1.31 bits per heavy atom. The van der Waals surface area contributed by atoms with E-state index in [-0.39, 0.29) is 11.5 Å². The van der Waals surface area contributed by atoms with Crippen LogP contribution in [0.1, 0.15) is 56.2 Å². The molecule has 1 aliphatic heterocycles. The lowest BCUT2D eigenvalue weighted by molar-refractivity contribution is 0.0424. The molecule has 2 aromatic carbocycles. The molecule has 0 N–H and O–H groups in total. The van der Waals surface area contributed by atoms with Crippen molar-refractivity contribution in [2.75, 3.05) is 0 Å². The van der Waals surface area contributed by atoms with E-state index in [2.05, 4.69) is 72.8 Å². The summed E-state index contributed by atoms with van der Waals surface area (Å²) in [6, 6.07) is 21.3. The van der Waals surface area contributed by atoms with E-state index in [1.54, 1.807) is 22.7 Å². The lowest BCUT2D eigenvalue weighted by Crippen LogP contribution is -2.37. The molecule has 2 aliphatic rings. The summed E-state index contributed by atoms with van der Waals surface area (Å²) in [5, 5.41) is 2.41. The molecule has 1 spiro atoms. The van der Waals surface area contributed by atoms with Crippen molar-refractivity contribution >= 4 is 60.3 Å². The highest BCUT2D eigenvalue weighted by Crippen LogP contribution is 2.51. The number of carbonyl (C=O) groups excluding carboxylic acids is 1. The van der Waals surface area contributed by atoms with Gasteiger partial charge in [0.1, 0.15) is 5.60 Å². The van der Waals surface area contributed by atoms with Crippen LogP contribution in [0.5, 0.6) is 0 Å². The third kappa shape index (κ3) is 4.21. The molecule has 0 saturated heterocycles. The number of ether oxygens (including phenoxy) is 1. The fourth-order valence-electron chi connectivity index (χ4n) is 5.25. The fraction of sp³-hybridized carbons (Fsp3) is 0.300. The predicted molar refractivity (Wildman–Crippen MR) is 149 cm³/mol. The van der Waals surface area contributed by atoms with Gasteiger partial charge in [0.2, 0.25) is 0 Å². The first-order valence-corrected chi connectivity index (χ1v) is 13.9. The van der Waals surface area contributed by atoms with Gasteiger partial charge >= 0.3 is 6.09 Å². The van der Waals surface area contributed by atoms with Crippen LogP contribution in [0, 0.1) is 5.41 Å². The zero-order valence-electron chi connectivity index (χ0n) is 20.3. The number of benzene rings is 2. The van der Waals surface area contributed by atoms with Crippen LogP contribution in [0.2, 0.25) is 0 Å². The Labute approximate surface area is 214 Å². The number of carbonyl (C=O) groups is 1. The average Bonchev–Trinajstić information content (AvgIpc) is 3.55. The van der Waals surface area contributed by atoms with E-state index in [9.17, 15) is 4.79 Å². The Balaban J connectivity index is 1.56. The van der Waals surface area contributed by atoms with Crippen molar-refractivity contribution in [1.82, 2.24) is 4.90 Å². The van der Waals surface area contributed by atoms with Gasteiger partial charge in [0.05, 0.1) is 21.1 Å². The van der Waals surface area contributed by atoms with Gasteiger partial charge in [0.25, 0.3) is 0 Å². The Morgan fingerprint density at radius 1 is 0.829 bits per heavy atom. The van der Waals surface area contributed by atoms with E-state index in [1.807, 2.05) is 25.7 Å². The zero-order valence-corrected chi connectivity index (χ0v) is 22.0. The molecule has 35 heavy (non-hydrogen) atoms. The maximum Gasteiger partial charge on any atom is 0.419 e. The second-order valence-electron chi connectivity index (χ2n) is 10.6. The van der Waals surface area contributed by atoms with Crippen LogP contribution in [0.15, 0.2) is 72.8 Å². The summed E-state index contributed by atoms with van der Waals surface area (Å²) in [4.78, 5) is 17.9. The SMILES string of the molecule is CC(C)(C)OC(=O)N1C(c2cc3ccccc3s2)=CC2(C=C1c1cc3ccccc3s1)CCCC2. The molecule has 3 heterocycles. The molecule has 0 atom stereocenters. The van der Waals surface area contributed by atoms with Crippen LogP contribution in [-0.4, -0.2) is 16.6 Å². The molecular weight excluding hydrogens is 470 g/mol. The minimum atomic E-state index is -0.587. The molecule has 2 aromatic heterocycles. The molecule has 3 nitrogen and oxygen atoms in total. The summed E-state index contributed by atoms with van der Waals surface area (Å²) in [6.07, 6.45) is 9.02. The lowest BCUT2D eigenvalue weighted by Gasteiger charge is -2.37. The smallest absolute Gasteiger partial charge is 0.419 e. The number of nitrogens with zero attached hydrogens (tertiary/aromatic N) is 1. The number of hydrogen-bond acceptors (Lipinski definition) is 4. The number of hydrogen-bond donors (Lipinski definition) is 0. The van der Waals surface area contributed by atoms with Crippen LogP contribution in [0.25, 0.3) is 31.6 Å². The summed E-state index contributed by atoms with van der Waals surface area (Å²) < 4.78 is 8.45. The van der Waals surface area contributed by atoms with Gasteiger partial charge in [0, 0.05) is 14.8 Å². The molecule has 4 aromatic rings. The number of allylic oxidation sites excluding steroid dienone is 2. The highest BCUT2D eigenvalue weighted by molar-refractivity contribution is 7.20. The molecule has 0 radical (unpaired) electrons. The van der Waals surface area contributed by atoms with E-state index < -0.39 is 5.60 Å². The zero-order chi connectivity index (χ0) is 24.2. The Morgan fingerprint density at radius 3 is 1.77 bits per heavy atom. The van der Waals surface area contributed by atoms with Gasteiger partial charge in [-0.05, 0) is 80.8 Å². The standard InChI is InChI=1S/C30H29NO2S2/c1-29(2,3)33-28(32)31-22(26-16-20-10-4-6-12-24(20)34-26)18-30(14-8-9-15-30)19-23(31)27-17-21-11-5-7-13-25(21)35-27/h4-7,10-13,16-19H,8-9,14-15H2,1-3H3. The van der Waals surface area contributed by atoms with Crippen molar-refractivity contribution in [2.24, 2.45) is 5.41 Å². The maximum atomic E-state index is 13.8. The van der Waals surface area contributed by atoms with Gasteiger partial charge in [-0.1, -0.05) is 49.2 Å². The van der Waals surface area contributed by atoms with Crippen molar-refractivity contribution in [3.63, 3.8) is 0 Å². The van der Waals surface area contributed by atoms with Gasteiger partial charge in [-0.25, -0.2) is 9.69 Å². The third-order valence-electron chi connectivity index (χ3n) is 6.80. The highest BCUT2D eigenvalue weighted by Gasteiger charge is 2.41. The monoisotopic (exact) mass is 499 g/mol. The van der Waals surface area contributed by atoms with Crippen LogP contribution >= 0.6 is 22.7 Å². The second-order valence-corrected chi connectivity index (χ2v) is 12.8. The quantitative estimate of drug-likeness (QED) is 0.275. The van der Waals surface area contributed by atoms with Crippen LogP contribution in [-0.2, 0) is 4.74 Å². The first-order chi connectivity index (χ1) is 16.8. The summed E-state index contributed by atoms with van der Waals surface area (Å²) in [5.41, 5.74) is 1.29. The molecule has 1 fully saturated rings. The van der Waals surface area contributed by atoms with Gasteiger partial charge in [-0.3, -0.25) is 0 Å². The normalized spacial score (nSPS) is 17.7. The van der Waals surface area contributed by atoms with Gasteiger partial charge in [-0.2, -0.15) is 0 Å². The minimum Gasteiger partial charge on any atom is -0.443 e. The van der Waals surface area contributed by atoms with E-state index >= 15 is 0 Å². The largest absolute Gasteiger partial charge is 0.443 e. The minimum absolute atomic E-state index is 0.0322. The van der Waals surface area contributed by atoms with Gasteiger partial charge in [0.15, 0.2) is 0 Å². The number of fused-ring (bicyclic) bond motifs is 2. The van der Waals surface area contributed by atoms with E-state index in [4.69, 9.17) is 4.74 Å². The van der Waals surface area contributed by atoms with Crippen molar-refractivity contribution in [1.29, 1.82) is 0 Å². The molecule has 178 valence electrons. The summed E-state index contributed by atoms with van der Waals surface area (Å²) in [5.74, 6) is 0. The van der Waals surface area contributed by atoms with Crippen LogP contribution in [0.3, 0.4) is 0 Å². The highest BCUT2D eigenvalue weighted by atomic mass is 32.1. The average molecular weight is 500 g/mol. The number of amides is 1. The van der Waals surface area contributed by atoms with Crippen molar-refractivity contribution < 1.29 is 9.53 Å². The topological polar surface area (TPSA) is 29.5 Å². The van der Waals surface area contributed by atoms with Crippen LogP contribution in [0.4, 0.5) is 4.79 Å². The Hall–Kier alpha value is -2.89. The second kappa shape index (κ2) is 8.35. The van der Waals surface area contributed by atoms with E-state index in [1.165, 1.54) is 33.0 Å². The maximum absolute atomic E-state index is 13.8. The molecule has 1 aliphatic carbocycles. The third-order valence-corrected chi connectivity index (χ3v) is 9.07. The van der Waals surface area contributed by atoms with Crippen molar-refractivity contribution in [3.8, 4) is 0 Å². The van der Waals surface area contributed by atoms with E-state index in [0.717, 1.165) is 34.0 Å². The molecule has 6 rings (SSSR count). The number of thiophene rings is 2. The first-order valence-electron chi connectivity index (χ1n) is 12.3. The Kier molecular flexibility index (Phi) is 5.39. The molecule has 1 saturated carbocycles. The number of rotatable bonds is 2. The van der Waals surface area contributed by atoms with Gasteiger partial charge in [-0.15, -0.1) is 22.7 Å². The lowest BCUT2D eigenvalue weighted by atomic mass is 9.81. The summed E-state index contributed by atoms with van der Waals surface area (Å²) in [6.45, 7) is 5.79.